The number of nitrogens with one attached hydrogen (secondary N) is 1. The Morgan fingerprint density at radius 3 is 2.24 bits per heavy atom. The molecule has 1 heterocycles. The molecule has 4 nitrogen and oxygen atoms in total. The number of phenolic OH excluding ortho intramolecular Hbond substituents is 1. The second-order valence-electron chi connectivity index (χ2n) is 4.55. The maximum absolute atomic E-state index is 11.7. The van der Waals surface area contributed by atoms with E-state index in [1.165, 1.54) is 0 Å². The summed E-state index contributed by atoms with van der Waals surface area (Å²) < 4.78 is 0. The Kier molecular flexibility index (Phi) is 2.88. The van der Waals surface area contributed by atoms with Crippen LogP contribution >= 0.6 is 0 Å². The van der Waals surface area contributed by atoms with E-state index < -0.39 is 0 Å². The first kappa shape index (κ1) is 11.6. The van der Waals surface area contributed by atoms with Crippen LogP contribution in [0.15, 0.2) is 24.3 Å². The highest BCUT2D eigenvalue weighted by Gasteiger charge is 2.41. The Hall–Kier alpha value is -1.84. The van der Waals surface area contributed by atoms with Gasteiger partial charge in [-0.2, -0.15) is 0 Å². The number of imide groups is 1. The summed E-state index contributed by atoms with van der Waals surface area (Å²) in [5.41, 5.74) is 0.949. The summed E-state index contributed by atoms with van der Waals surface area (Å²) in [7, 11) is 0. The summed E-state index contributed by atoms with van der Waals surface area (Å²) in [4.78, 5) is 23.1. The Morgan fingerprint density at radius 1 is 1.18 bits per heavy atom. The zero-order chi connectivity index (χ0) is 12.6. The van der Waals surface area contributed by atoms with Crippen LogP contribution in [0.1, 0.15) is 25.3 Å². The minimum Gasteiger partial charge on any atom is -0.508 e. The Balaban J connectivity index is 2.25. The van der Waals surface area contributed by atoms with Crippen LogP contribution in [0.3, 0.4) is 0 Å². The molecule has 1 aliphatic heterocycles. The zero-order valence-corrected chi connectivity index (χ0v) is 9.81. The first-order chi connectivity index (χ1) is 8.00. The van der Waals surface area contributed by atoms with Gasteiger partial charge >= 0.3 is 0 Å². The van der Waals surface area contributed by atoms with Crippen LogP contribution in [-0.2, 0) is 9.59 Å². The monoisotopic (exact) mass is 233 g/mol. The van der Waals surface area contributed by atoms with Crippen molar-refractivity contribution in [1.29, 1.82) is 0 Å². The van der Waals surface area contributed by atoms with Crippen LogP contribution in [0.25, 0.3) is 0 Å². The van der Waals surface area contributed by atoms with Gasteiger partial charge in [-0.15, -0.1) is 0 Å². The topological polar surface area (TPSA) is 66.4 Å². The average molecular weight is 233 g/mol. The molecule has 2 rings (SSSR count). The number of amides is 2. The summed E-state index contributed by atoms with van der Waals surface area (Å²) >= 11 is 0. The van der Waals surface area contributed by atoms with Crippen molar-refractivity contribution >= 4 is 11.8 Å². The zero-order valence-electron chi connectivity index (χ0n) is 9.81. The fraction of sp³-hybridized carbons (Fsp3) is 0.385. The molecule has 3 unspecified atom stereocenters. The van der Waals surface area contributed by atoms with Crippen molar-refractivity contribution in [3.63, 3.8) is 0 Å². The highest BCUT2D eigenvalue weighted by Crippen LogP contribution is 2.34. The predicted octanol–water partition coefficient (Wildman–Crippen LogP) is 1.40. The maximum Gasteiger partial charge on any atom is 0.231 e. The summed E-state index contributed by atoms with van der Waals surface area (Å²) in [5, 5.41) is 11.6. The highest BCUT2D eigenvalue weighted by molar-refractivity contribution is 6.05. The Labute approximate surface area is 99.6 Å². The van der Waals surface area contributed by atoms with Gasteiger partial charge in [-0.3, -0.25) is 14.9 Å². The van der Waals surface area contributed by atoms with E-state index >= 15 is 0 Å². The molecule has 90 valence electrons. The van der Waals surface area contributed by atoms with Crippen molar-refractivity contribution in [3.05, 3.63) is 29.8 Å². The molecule has 1 saturated heterocycles. The summed E-state index contributed by atoms with van der Waals surface area (Å²) in [5.74, 6) is -0.884. The molecule has 2 amide bonds. The lowest BCUT2D eigenvalue weighted by molar-refractivity contribution is -0.126. The fourth-order valence-corrected chi connectivity index (χ4v) is 2.35. The SMILES string of the molecule is CC1C(=O)NC(=O)C1C(C)c1ccc(O)cc1. The highest BCUT2D eigenvalue weighted by atomic mass is 16.3. The number of hydrogen-bond acceptors (Lipinski definition) is 3. The second kappa shape index (κ2) is 4.20. The second-order valence-corrected chi connectivity index (χ2v) is 4.55. The van der Waals surface area contributed by atoms with Gasteiger partial charge in [-0.25, -0.2) is 0 Å². The van der Waals surface area contributed by atoms with Gasteiger partial charge in [0.15, 0.2) is 0 Å². The van der Waals surface area contributed by atoms with E-state index in [9.17, 15) is 14.7 Å². The molecule has 3 atom stereocenters. The van der Waals surface area contributed by atoms with Gasteiger partial charge in [0.25, 0.3) is 0 Å². The number of benzene rings is 1. The molecular weight excluding hydrogens is 218 g/mol. The van der Waals surface area contributed by atoms with Crippen LogP contribution < -0.4 is 5.32 Å². The summed E-state index contributed by atoms with van der Waals surface area (Å²) in [6, 6.07) is 6.74. The third-order valence-electron chi connectivity index (χ3n) is 3.46. The number of carbonyl (C=O) groups is 2. The third kappa shape index (κ3) is 2.02. The molecule has 0 radical (unpaired) electrons. The van der Waals surface area contributed by atoms with Crippen LogP contribution in [-0.4, -0.2) is 16.9 Å². The normalized spacial score (nSPS) is 25.8. The van der Waals surface area contributed by atoms with Gasteiger partial charge in [0.2, 0.25) is 11.8 Å². The van der Waals surface area contributed by atoms with Gasteiger partial charge in [0, 0.05) is 5.92 Å². The van der Waals surface area contributed by atoms with Crippen molar-refractivity contribution in [2.45, 2.75) is 19.8 Å². The van der Waals surface area contributed by atoms with Crippen molar-refractivity contribution in [3.8, 4) is 5.75 Å². The summed E-state index contributed by atoms with van der Waals surface area (Å²) in [6.45, 7) is 3.69. The van der Waals surface area contributed by atoms with E-state index in [4.69, 9.17) is 0 Å². The van der Waals surface area contributed by atoms with E-state index in [0.717, 1.165) is 5.56 Å². The lowest BCUT2D eigenvalue weighted by Crippen LogP contribution is -2.24. The minimum absolute atomic E-state index is 0.0444. The van der Waals surface area contributed by atoms with Gasteiger partial charge in [-0.1, -0.05) is 26.0 Å². The first-order valence-electron chi connectivity index (χ1n) is 5.64. The molecule has 0 bridgehead atoms. The van der Waals surface area contributed by atoms with E-state index in [0.29, 0.717) is 0 Å². The largest absolute Gasteiger partial charge is 0.508 e. The van der Waals surface area contributed by atoms with E-state index in [-0.39, 0.29) is 35.3 Å². The lowest BCUT2D eigenvalue weighted by Gasteiger charge is -2.20. The molecule has 1 aromatic carbocycles. The third-order valence-corrected chi connectivity index (χ3v) is 3.46. The molecule has 0 saturated carbocycles. The van der Waals surface area contributed by atoms with Crippen molar-refractivity contribution < 1.29 is 14.7 Å². The molecule has 17 heavy (non-hydrogen) atoms. The molecule has 1 aliphatic rings. The van der Waals surface area contributed by atoms with Crippen LogP contribution in [0.4, 0.5) is 0 Å². The quantitative estimate of drug-likeness (QED) is 0.759. The molecule has 1 fully saturated rings. The molecule has 0 spiro atoms. The van der Waals surface area contributed by atoms with Crippen LogP contribution in [0.2, 0.25) is 0 Å². The average Bonchev–Trinajstić information content (AvgIpc) is 2.53. The lowest BCUT2D eigenvalue weighted by atomic mass is 9.81. The van der Waals surface area contributed by atoms with Gasteiger partial charge in [0.1, 0.15) is 5.75 Å². The van der Waals surface area contributed by atoms with Crippen LogP contribution in [0.5, 0.6) is 5.75 Å². The van der Waals surface area contributed by atoms with Crippen LogP contribution in [0, 0.1) is 11.8 Å². The molecule has 0 aromatic heterocycles. The molecule has 0 aliphatic carbocycles. The van der Waals surface area contributed by atoms with Gasteiger partial charge in [0.05, 0.1) is 5.92 Å². The molecule has 1 aromatic rings. The fourth-order valence-electron chi connectivity index (χ4n) is 2.35. The predicted molar refractivity (Wildman–Crippen MR) is 62.3 cm³/mol. The van der Waals surface area contributed by atoms with Crippen molar-refractivity contribution in [2.24, 2.45) is 11.8 Å². The van der Waals surface area contributed by atoms with E-state index in [2.05, 4.69) is 5.32 Å². The molecule has 2 N–H and O–H groups in total. The van der Waals surface area contributed by atoms with Gasteiger partial charge in [-0.05, 0) is 23.6 Å². The molecule has 4 heteroatoms. The van der Waals surface area contributed by atoms with E-state index in [1.54, 1.807) is 31.2 Å². The number of hydrogen-bond donors (Lipinski definition) is 2. The smallest absolute Gasteiger partial charge is 0.231 e. The number of carbonyl (C=O) groups excluding carboxylic acids is 2. The number of rotatable bonds is 2. The number of phenols is 1. The Morgan fingerprint density at radius 2 is 1.76 bits per heavy atom. The van der Waals surface area contributed by atoms with Crippen molar-refractivity contribution in [2.75, 3.05) is 0 Å². The standard InChI is InChI=1S/C13H15NO3/c1-7(9-3-5-10(15)6-4-9)11-8(2)12(16)14-13(11)17/h3-8,11,15H,1-2H3,(H,14,16,17). The Bertz CT molecular complexity index is 452. The maximum atomic E-state index is 11.7. The first-order valence-corrected chi connectivity index (χ1v) is 5.64. The van der Waals surface area contributed by atoms with Crippen molar-refractivity contribution in [1.82, 2.24) is 5.32 Å². The summed E-state index contributed by atoms with van der Waals surface area (Å²) in [6.07, 6.45) is 0. The minimum atomic E-state index is -0.327. The number of aromatic hydroxyl groups is 1. The molecular formula is C13H15NO3. The van der Waals surface area contributed by atoms with Gasteiger partial charge < -0.3 is 5.11 Å². The van der Waals surface area contributed by atoms with E-state index in [1.807, 2.05) is 6.92 Å².